The van der Waals surface area contributed by atoms with Crippen LogP contribution >= 0.6 is 28.3 Å². The summed E-state index contributed by atoms with van der Waals surface area (Å²) in [4.78, 5) is 2.62. The highest BCUT2D eigenvalue weighted by Crippen LogP contribution is 2.44. The zero-order valence-corrected chi connectivity index (χ0v) is 12.0. The molecule has 20 heavy (non-hydrogen) atoms. The molecule has 0 saturated heterocycles. The Morgan fingerprint density at radius 1 is 1.15 bits per heavy atom. The van der Waals surface area contributed by atoms with Gasteiger partial charge in [-0.3, -0.25) is 0 Å². The maximum Gasteiger partial charge on any atom is 0.455 e. The second kappa shape index (κ2) is 5.50. The molecule has 2 rings (SSSR count). The Hall–Kier alpha value is -0.860. The van der Waals surface area contributed by atoms with Gasteiger partial charge in [0.2, 0.25) is 0 Å². The van der Waals surface area contributed by atoms with Crippen LogP contribution in [0.25, 0.3) is 10.9 Å². The normalized spacial score (nSPS) is 14.2. The molecule has 0 unspecified atom stereocenters. The van der Waals surface area contributed by atoms with Gasteiger partial charge in [0, 0.05) is 27.1 Å². The standard InChI is InChI=1S/C11H8BrF5N2.ClH/c12-5-1-2-8-6(3-5)7(4-19-8)9(18)10(13,14)11(15,16)17;/h1-4,9,19H,18H2;1H/t9-;/m1./s1. The topological polar surface area (TPSA) is 41.8 Å². The smallest absolute Gasteiger partial charge is 0.361 e. The Morgan fingerprint density at radius 2 is 1.75 bits per heavy atom. The maximum absolute atomic E-state index is 13.2. The van der Waals surface area contributed by atoms with Crippen LogP contribution in [0.15, 0.2) is 28.9 Å². The molecule has 9 heteroatoms. The van der Waals surface area contributed by atoms with Crippen molar-refractivity contribution in [2.45, 2.75) is 18.1 Å². The lowest BCUT2D eigenvalue weighted by Crippen LogP contribution is -2.45. The average Bonchev–Trinajstić information content (AvgIpc) is 2.69. The molecular weight excluding hydrogens is 370 g/mol. The highest BCUT2D eigenvalue weighted by molar-refractivity contribution is 9.10. The number of nitrogens with one attached hydrogen (secondary N) is 1. The highest BCUT2D eigenvalue weighted by atomic mass is 79.9. The van der Waals surface area contributed by atoms with Crippen molar-refractivity contribution in [3.63, 3.8) is 0 Å². The lowest BCUT2D eigenvalue weighted by molar-refractivity contribution is -0.290. The molecule has 0 saturated carbocycles. The summed E-state index contributed by atoms with van der Waals surface area (Å²) in [6.45, 7) is 0. The van der Waals surface area contributed by atoms with Crippen molar-refractivity contribution in [1.82, 2.24) is 4.98 Å². The largest absolute Gasteiger partial charge is 0.455 e. The van der Waals surface area contributed by atoms with E-state index >= 15 is 0 Å². The second-order valence-electron chi connectivity index (χ2n) is 4.03. The van der Waals surface area contributed by atoms with Gasteiger partial charge >= 0.3 is 12.1 Å². The van der Waals surface area contributed by atoms with Crippen molar-refractivity contribution in [1.29, 1.82) is 0 Å². The number of halogens is 7. The molecule has 0 amide bonds. The fraction of sp³-hybridized carbons (Fsp3) is 0.273. The number of nitrogens with two attached hydrogens (primary N) is 1. The Morgan fingerprint density at radius 3 is 2.30 bits per heavy atom. The number of benzene rings is 1. The van der Waals surface area contributed by atoms with Crippen molar-refractivity contribution in [3.05, 3.63) is 34.4 Å². The molecule has 112 valence electrons. The van der Waals surface area contributed by atoms with Crippen LogP contribution in [-0.4, -0.2) is 17.1 Å². The van der Waals surface area contributed by atoms with E-state index in [0.29, 0.717) is 9.99 Å². The predicted molar refractivity (Wildman–Crippen MR) is 71.2 cm³/mol. The van der Waals surface area contributed by atoms with Crippen LogP contribution < -0.4 is 5.73 Å². The first-order chi connectivity index (χ1) is 8.64. The maximum atomic E-state index is 13.2. The van der Waals surface area contributed by atoms with E-state index in [4.69, 9.17) is 5.73 Å². The number of alkyl halides is 5. The molecule has 2 nitrogen and oxygen atoms in total. The van der Waals surface area contributed by atoms with Gasteiger partial charge < -0.3 is 10.7 Å². The third kappa shape index (κ3) is 2.77. The van der Waals surface area contributed by atoms with Gasteiger partial charge in [-0.05, 0) is 18.2 Å². The third-order valence-corrected chi connectivity index (χ3v) is 3.27. The molecule has 0 bridgehead atoms. The van der Waals surface area contributed by atoms with E-state index in [1.165, 1.54) is 6.07 Å². The molecule has 0 fully saturated rings. The number of aromatic amines is 1. The Balaban J connectivity index is 0.00000200. The highest BCUT2D eigenvalue weighted by Gasteiger charge is 2.62. The van der Waals surface area contributed by atoms with Gasteiger partial charge in [0.1, 0.15) is 6.04 Å². The Labute approximate surface area is 125 Å². The Kier molecular flexibility index (Phi) is 4.72. The molecule has 0 aliphatic rings. The molecule has 0 spiro atoms. The van der Waals surface area contributed by atoms with Crippen LogP contribution in [0.3, 0.4) is 0 Å². The van der Waals surface area contributed by atoms with E-state index in [1.807, 2.05) is 0 Å². The zero-order chi connectivity index (χ0) is 14.4. The summed E-state index contributed by atoms with van der Waals surface area (Å²) in [6.07, 6.45) is -4.62. The van der Waals surface area contributed by atoms with Gasteiger partial charge in [0.25, 0.3) is 0 Å². The van der Waals surface area contributed by atoms with Crippen LogP contribution in [0.5, 0.6) is 0 Å². The summed E-state index contributed by atoms with van der Waals surface area (Å²) in [5.74, 6) is -5.00. The SMILES string of the molecule is Cl.N[C@H](c1c[nH]c2ccc(Br)cc12)C(F)(F)C(F)(F)F. The lowest BCUT2D eigenvalue weighted by atomic mass is 10.0. The van der Waals surface area contributed by atoms with Gasteiger partial charge in [0.15, 0.2) is 0 Å². The first-order valence-electron chi connectivity index (χ1n) is 5.11. The molecule has 1 aromatic heterocycles. The van der Waals surface area contributed by atoms with Crippen molar-refractivity contribution in [2.24, 2.45) is 5.73 Å². The van der Waals surface area contributed by atoms with E-state index < -0.39 is 18.1 Å². The number of aromatic nitrogens is 1. The summed E-state index contributed by atoms with van der Waals surface area (Å²) >= 11 is 3.13. The Bertz CT molecular complexity index is 610. The fourth-order valence-corrected chi connectivity index (χ4v) is 2.10. The first kappa shape index (κ1) is 17.2. The molecule has 1 atom stereocenters. The molecule has 0 radical (unpaired) electrons. The molecule has 2 aromatic rings. The van der Waals surface area contributed by atoms with Gasteiger partial charge in [-0.15, -0.1) is 12.4 Å². The van der Waals surface area contributed by atoms with Crippen molar-refractivity contribution < 1.29 is 22.0 Å². The van der Waals surface area contributed by atoms with Crippen molar-refractivity contribution >= 4 is 39.2 Å². The van der Waals surface area contributed by atoms with E-state index in [1.54, 1.807) is 12.1 Å². The summed E-state index contributed by atoms with van der Waals surface area (Å²) in [7, 11) is 0. The average molecular weight is 380 g/mol. The monoisotopic (exact) mass is 378 g/mol. The third-order valence-electron chi connectivity index (χ3n) is 2.78. The summed E-state index contributed by atoms with van der Waals surface area (Å²) in [6, 6.07) is 2.17. The van der Waals surface area contributed by atoms with Gasteiger partial charge in [-0.1, -0.05) is 15.9 Å². The van der Waals surface area contributed by atoms with Gasteiger partial charge in [-0.25, -0.2) is 0 Å². The zero-order valence-electron chi connectivity index (χ0n) is 9.64. The van der Waals surface area contributed by atoms with E-state index in [0.717, 1.165) is 6.20 Å². The first-order valence-corrected chi connectivity index (χ1v) is 5.90. The van der Waals surface area contributed by atoms with Crippen LogP contribution in [0.2, 0.25) is 0 Å². The molecule has 0 aliphatic carbocycles. The molecule has 3 N–H and O–H groups in total. The molecule has 1 aromatic carbocycles. The summed E-state index contributed by atoms with van der Waals surface area (Å²) in [5, 5.41) is 0.228. The van der Waals surface area contributed by atoms with Crippen molar-refractivity contribution in [2.75, 3.05) is 0 Å². The molecule has 1 heterocycles. The number of fused-ring (bicyclic) bond motifs is 1. The van der Waals surface area contributed by atoms with Crippen LogP contribution in [0.1, 0.15) is 11.6 Å². The van der Waals surface area contributed by atoms with E-state index in [2.05, 4.69) is 20.9 Å². The van der Waals surface area contributed by atoms with E-state index in [-0.39, 0.29) is 23.4 Å². The van der Waals surface area contributed by atoms with Crippen LogP contribution in [-0.2, 0) is 0 Å². The van der Waals surface area contributed by atoms with Crippen LogP contribution in [0.4, 0.5) is 22.0 Å². The van der Waals surface area contributed by atoms with Gasteiger partial charge in [-0.2, -0.15) is 22.0 Å². The minimum absolute atomic E-state index is 0. The number of hydrogen-bond donors (Lipinski definition) is 2. The van der Waals surface area contributed by atoms with Gasteiger partial charge in [0.05, 0.1) is 0 Å². The second-order valence-corrected chi connectivity index (χ2v) is 4.95. The predicted octanol–water partition coefficient (Wildman–Crippen LogP) is 4.55. The minimum atomic E-state index is -5.69. The lowest BCUT2D eigenvalue weighted by Gasteiger charge is -2.25. The number of H-pyrrole nitrogens is 1. The van der Waals surface area contributed by atoms with Crippen LogP contribution in [0, 0.1) is 0 Å². The summed E-state index contributed by atoms with van der Waals surface area (Å²) < 4.78 is 64.0. The summed E-state index contributed by atoms with van der Waals surface area (Å²) in [5.41, 5.74) is 5.27. The fourth-order valence-electron chi connectivity index (χ4n) is 1.74. The van der Waals surface area contributed by atoms with Crippen molar-refractivity contribution in [3.8, 4) is 0 Å². The quantitative estimate of drug-likeness (QED) is 0.739. The minimum Gasteiger partial charge on any atom is -0.361 e. The molecular formula is C11H9BrClF5N2. The number of rotatable bonds is 2. The number of hydrogen-bond acceptors (Lipinski definition) is 1. The van der Waals surface area contributed by atoms with E-state index in [9.17, 15) is 22.0 Å². The molecule has 0 aliphatic heterocycles.